The molecule has 0 radical (unpaired) electrons. The van der Waals surface area contributed by atoms with Crippen molar-refractivity contribution in [2.45, 2.75) is 25.8 Å². The molecule has 0 heterocycles. The van der Waals surface area contributed by atoms with Crippen LogP contribution in [0, 0.1) is 5.92 Å². The van der Waals surface area contributed by atoms with E-state index in [0.717, 1.165) is 29.6 Å². The van der Waals surface area contributed by atoms with Crippen LogP contribution in [0.2, 0.25) is 0 Å². The lowest BCUT2D eigenvalue weighted by molar-refractivity contribution is 0.179. The van der Waals surface area contributed by atoms with E-state index >= 15 is 0 Å². The summed E-state index contributed by atoms with van der Waals surface area (Å²) in [7, 11) is 1.66. The molecule has 0 bridgehead atoms. The maximum Gasteiger partial charge on any atom is 0.127 e. The summed E-state index contributed by atoms with van der Waals surface area (Å²) in [5.74, 6) is 2.42. The maximum atomic E-state index is 5.81. The predicted octanol–water partition coefficient (Wildman–Crippen LogP) is 2.33. The first-order valence-corrected chi connectivity index (χ1v) is 5.83. The summed E-state index contributed by atoms with van der Waals surface area (Å²) < 4.78 is 11.0. The van der Waals surface area contributed by atoms with Gasteiger partial charge in [0.2, 0.25) is 0 Å². The Labute approximate surface area is 96.5 Å². The number of rotatable bonds is 5. The molecule has 2 N–H and O–H groups in total. The highest BCUT2D eigenvalue weighted by atomic mass is 16.5. The fourth-order valence-corrected chi connectivity index (χ4v) is 1.83. The van der Waals surface area contributed by atoms with Crippen LogP contribution in [0.4, 0.5) is 0 Å². The van der Waals surface area contributed by atoms with E-state index in [-0.39, 0.29) is 0 Å². The molecule has 0 amide bonds. The van der Waals surface area contributed by atoms with E-state index in [1.165, 1.54) is 19.3 Å². The second-order valence-corrected chi connectivity index (χ2v) is 4.29. The Morgan fingerprint density at radius 1 is 1.38 bits per heavy atom. The zero-order valence-corrected chi connectivity index (χ0v) is 9.74. The average molecular weight is 221 g/mol. The van der Waals surface area contributed by atoms with Gasteiger partial charge < -0.3 is 15.2 Å². The van der Waals surface area contributed by atoms with Gasteiger partial charge in [0.1, 0.15) is 11.5 Å². The van der Waals surface area contributed by atoms with E-state index in [1.807, 2.05) is 18.2 Å². The predicted molar refractivity (Wildman–Crippen MR) is 63.7 cm³/mol. The number of benzene rings is 1. The molecular formula is C13H19NO2. The second-order valence-electron chi connectivity index (χ2n) is 4.29. The molecule has 1 aromatic rings. The summed E-state index contributed by atoms with van der Waals surface area (Å²) in [5.41, 5.74) is 6.72. The van der Waals surface area contributed by atoms with Gasteiger partial charge in [-0.3, -0.25) is 0 Å². The minimum absolute atomic E-state index is 0.504. The molecule has 2 rings (SSSR count). The van der Waals surface area contributed by atoms with E-state index < -0.39 is 0 Å². The number of hydrogen-bond acceptors (Lipinski definition) is 3. The second kappa shape index (κ2) is 5.21. The molecule has 3 heteroatoms. The Morgan fingerprint density at radius 2 is 2.19 bits per heavy atom. The van der Waals surface area contributed by atoms with Crippen LogP contribution in [0.25, 0.3) is 0 Å². The van der Waals surface area contributed by atoms with Gasteiger partial charge in [-0.15, -0.1) is 0 Å². The lowest BCUT2D eigenvalue weighted by atomic mass is 9.86. The van der Waals surface area contributed by atoms with Crippen molar-refractivity contribution in [1.29, 1.82) is 0 Å². The SMILES string of the molecule is COc1ccc(CN)c(OCC2CCC2)c1. The minimum Gasteiger partial charge on any atom is -0.497 e. The molecule has 1 aromatic carbocycles. The van der Waals surface area contributed by atoms with Crippen LogP contribution in [0.1, 0.15) is 24.8 Å². The van der Waals surface area contributed by atoms with Crippen LogP contribution in [-0.2, 0) is 6.54 Å². The normalized spacial score (nSPS) is 15.6. The van der Waals surface area contributed by atoms with Crippen molar-refractivity contribution in [1.82, 2.24) is 0 Å². The van der Waals surface area contributed by atoms with Crippen LogP contribution in [-0.4, -0.2) is 13.7 Å². The van der Waals surface area contributed by atoms with Gasteiger partial charge in [0.25, 0.3) is 0 Å². The zero-order valence-electron chi connectivity index (χ0n) is 9.74. The van der Waals surface area contributed by atoms with Crippen molar-refractivity contribution in [2.75, 3.05) is 13.7 Å². The number of methoxy groups -OCH3 is 1. The molecule has 1 fully saturated rings. The first-order chi connectivity index (χ1) is 7.83. The molecule has 16 heavy (non-hydrogen) atoms. The van der Waals surface area contributed by atoms with Gasteiger partial charge in [-0.25, -0.2) is 0 Å². The third-order valence-electron chi connectivity index (χ3n) is 3.19. The molecular weight excluding hydrogens is 202 g/mol. The van der Waals surface area contributed by atoms with Gasteiger partial charge >= 0.3 is 0 Å². The highest BCUT2D eigenvalue weighted by Gasteiger charge is 2.18. The Hall–Kier alpha value is -1.22. The first kappa shape index (κ1) is 11.3. The maximum absolute atomic E-state index is 5.81. The third-order valence-corrected chi connectivity index (χ3v) is 3.19. The molecule has 1 saturated carbocycles. The fraction of sp³-hybridized carbons (Fsp3) is 0.538. The molecule has 0 spiro atoms. The van der Waals surface area contributed by atoms with Crippen molar-refractivity contribution in [3.05, 3.63) is 23.8 Å². The Kier molecular flexibility index (Phi) is 3.67. The van der Waals surface area contributed by atoms with Gasteiger partial charge in [0.15, 0.2) is 0 Å². The largest absolute Gasteiger partial charge is 0.497 e. The molecule has 0 atom stereocenters. The summed E-state index contributed by atoms with van der Waals surface area (Å²) in [6.45, 7) is 1.31. The van der Waals surface area contributed by atoms with E-state index in [9.17, 15) is 0 Å². The van der Waals surface area contributed by atoms with E-state index in [1.54, 1.807) is 7.11 Å². The third kappa shape index (κ3) is 2.47. The van der Waals surface area contributed by atoms with E-state index in [4.69, 9.17) is 15.2 Å². The standard InChI is InChI=1S/C13H19NO2/c1-15-12-6-5-11(8-14)13(7-12)16-9-10-3-2-4-10/h5-7,10H,2-4,8-9,14H2,1H3. The van der Waals surface area contributed by atoms with Crippen molar-refractivity contribution in [2.24, 2.45) is 11.7 Å². The van der Waals surface area contributed by atoms with Gasteiger partial charge in [-0.1, -0.05) is 12.5 Å². The summed E-state index contributed by atoms with van der Waals surface area (Å²) >= 11 is 0. The monoisotopic (exact) mass is 221 g/mol. The van der Waals surface area contributed by atoms with Gasteiger partial charge in [-0.05, 0) is 24.8 Å². The average Bonchev–Trinajstić information content (AvgIpc) is 2.26. The summed E-state index contributed by atoms with van der Waals surface area (Å²) in [6.07, 6.45) is 3.93. The highest BCUT2D eigenvalue weighted by Crippen LogP contribution is 2.29. The van der Waals surface area contributed by atoms with E-state index in [0.29, 0.717) is 6.54 Å². The van der Waals surface area contributed by atoms with Crippen molar-refractivity contribution < 1.29 is 9.47 Å². The number of nitrogens with two attached hydrogens (primary N) is 1. The van der Waals surface area contributed by atoms with Crippen LogP contribution in [0.5, 0.6) is 11.5 Å². The smallest absolute Gasteiger partial charge is 0.127 e. The zero-order chi connectivity index (χ0) is 11.4. The summed E-state index contributed by atoms with van der Waals surface area (Å²) in [4.78, 5) is 0. The molecule has 1 aliphatic carbocycles. The van der Waals surface area contributed by atoms with Crippen molar-refractivity contribution >= 4 is 0 Å². The Morgan fingerprint density at radius 3 is 2.75 bits per heavy atom. The molecule has 3 nitrogen and oxygen atoms in total. The molecule has 0 saturated heterocycles. The van der Waals surface area contributed by atoms with Crippen LogP contribution in [0.15, 0.2) is 18.2 Å². The van der Waals surface area contributed by atoms with Gasteiger partial charge in [0, 0.05) is 18.2 Å². The fourth-order valence-electron chi connectivity index (χ4n) is 1.83. The topological polar surface area (TPSA) is 44.5 Å². The lowest BCUT2D eigenvalue weighted by Crippen LogP contribution is -2.19. The summed E-state index contributed by atoms with van der Waals surface area (Å²) in [6, 6.07) is 5.80. The number of ether oxygens (including phenoxy) is 2. The quantitative estimate of drug-likeness (QED) is 0.830. The van der Waals surface area contributed by atoms with Crippen molar-refractivity contribution in [3.8, 4) is 11.5 Å². The molecule has 88 valence electrons. The summed E-state index contributed by atoms with van der Waals surface area (Å²) in [5, 5.41) is 0. The number of hydrogen-bond donors (Lipinski definition) is 1. The van der Waals surface area contributed by atoms with Gasteiger partial charge in [0.05, 0.1) is 13.7 Å². The van der Waals surface area contributed by atoms with Crippen molar-refractivity contribution in [3.63, 3.8) is 0 Å². The molecule has 0 aliphatic heterocycles. The van der Waals surface area contributed by atoms with Crippen LogP contribution in [0.3, 0.4) is 0 Å². The highest BCUT2D eigenvalue weighted by molar-refractivity contribution is 5.40. The van der Waals surface area contributed by atoms with E-state index in [2.05, 4.69) is 0 Å². The molecule has 0 unspecified atom stereocenters. The molecule has 0 aromatic heterocycles. The molecule has 1 aliphatic rings. The first-order valence-electron chi connectivity index (χ1n) is 5.83. The minimum atomic E-state index is 0.504. The lowest BCUT2D eigenvalue weighted by Gasteiger charge is -2.25. The Balaban J connectivity index is 2.03. The van der Waals surface area contributed by atoms with Crippen LogP contribution < -0.4 is 15.2 Å². The Bertz CT molecular complexity index is 348. The van der Waals surface area contributed by atoms with Crippen LogP contribution >= 0.6 is 0 Å². The van der Waals surface area contributed by atoms with Gasteiger partial charge in [-0.2, -0.15) is 0 Å².